The van der Waals surface area contributed by atoms with Crippen molar-refractivity contribution in [3.8, 4) is 0 Å². The lowest BCUT2D eigenvalue weighted by molar-refractivity contribution is 0.151. The molecule has 0 radical (unpaired) electrons. The lowest BCUT2D eigenvalue weighted by atomic mass is 10.1. The number of hydrogen-bond donors (Lipinski definition) is 2. The van der Waals surface area contributed by atoms with Crippen LogP contribution in [0.5, 0.6) is 0 Å². The largest absolute Gasteiger partial charge is 0.448 e. The second kappa shape index (κ2) is 7.61. The van der Waals surface area contributed by atoms with Crippen molar-refractivity contribution < 1.29 is 9.53 Å². The van der Waals surface area contributed by atoms with E-state index in [4.69, 9.17) is 10.5 Å². The molecule has 3 aromatic rings. The number of nitrogens with zero attached hydrogens (tertiary/aromatic N) is 4. The van der Waals surface area contributed by atoms with Gasteiger partial charge < -0.3 is 20.4 Å². The van der Waals surface area contributed by atoms with Gasteiger partial charge in [-0.05, 0) is 18.9 Å². The number of aromatic nitrogens is 4. The summed E-state index contributed by atoms with van der Waals surface area (Å²) in [5.74, 6) is 0.603. The minimum absolute atomic E-state index is 0.129. The van der Waals surface area contributed by atoms with Gasteiger partial charge in [0.1, 0.15) is 18.5 Å². The monoisotopic (exact) mass is 340 g/mol. The summed E-state index contributed by atoms with van der Waals surface area (Å²) in [6, 6.07) is 9.72. The van der Waals surface area contributed by atoms with Crippen LogP contribution in [0.15, 0.2) is 43.0 Å². The van der Waals surface area contributed by atoms with E-state index < -0.39 is 6.09 Å². The van der Waals surface area contributed by atoms with Crippen LogP contribution in [0.2, 0.25) is 0 Å². The maximum absolute atomic E-state index is 11.0. The maximum Gasteiger partial charge on any atom is 0.404 e. The van der Waals surface area contributed by atoms with Crippen LogP contribution in [0.25, 0.3) is 11.2 Å². The molecular formula is C17H20N6O2. The number of benzene rings is 1. The summed E-state index contributed by atoms with van der Waals surface area (Å²) in [6.07, 6.45) is 3.07. The highest BCUT2D eigenvalue weighted by atomic mass is 16.5. The molecule has 3 rings (SSSR count). The lowest BCUT2D eigenvalue weighted by Gasteiger charge is -2.19. The third kappa shape index (κ3) is 4.03. The first-order chi connectivity index (χ1) is 12.2. The number of aryl methyl sites for hydroxylation is 1. The van der Waals surface area contributed by atoms with Crippen molar-refractivity contribution in [2.24, 2.45) is 5.73 Å². The predicted octanol–water partition coefficient (Wildman–Crippen LogP) is 1.96. The highest BCUT2D eigenvalue weighted by molar-refractivity contribution is 5.82. The number of carbonyl (C=O) groups excluding carboxylic acids is 1. The van der Waals surface area contributed by atoms with Crippen LogP contribution in [0.3, 0.4) is 0 Å². The lowest BCUT2D eigenvalue weighted by Crippen LogP contribution is -2.31. The number of carbonyl (C=O) groups is 1. The van der Waals surface area contributed by atoms with E-state index in [9.17, 15) is 4.79 Å². The molecule has 8 nitrogen and oxygen atoms in total. The molecule has 25 heavy (non-hydrogen) atoms. The third-order valence-corrected chi connectivity index (χ3v) is 3.83. The zero-order valence-electron chi connectivity index (χ0n) is 13.9. The number of fused-ring (bicyclic) bond motifs is 1. The van der Waals surface area contributed by atoms with E-state index in [0.29, 0.717) is 17.8 Å². The minimum atomic E-state index is -0.803. The molecule has 3 N–H and O–H groups in total. The molecule has 0 saturated carbocycles. The van der Waals surface area contributed by atoms with E-state index in [0.717, 1.165) is 17.8 Å². The van der Waals surface area contributed by atoms with Crippen molar-refractivity contribution in [1.82, 2.24) is 19.5 Å². The zero-order chi connectivity index (χ0) is 17.6. The fourth-order valence-corrected chi connectivity index (χ4v) is 2.64. The second-order valence-corrected chi connectivity index (χ2v) is 5.59. The first-order valence-electron chi connectivity index (χ1n) is 8.06. The van der Waals surface area contributed by atoms with E-state index >= 15 is 0 Å². The molecule has 130 valence electrons. The Morgan fingerprint density at radius 3 is 2.80 bits per heavy atom. The van der Waals surface area contributed by atoms with Crippen molar-refractivity contribution in [3.63, 3.8) is 0 Å². The Bertz CT molecular complexity index is 849. The van der Waals surface area contributed by atoms with Gasteiger partial charge >= 0.3 is 6.09 Å². The summed E-state index contributed by atoms with van der Waals surface area (Å²) in [7, 11) is 0. The smallest absolute Gasteiger partial charge is 0.404 e. The van der Waals surface area contributed by atoms with Crippen LogP contribution < -0.4 is 11.1 Å². The molecule has 1 aromatic carbocycles. The van der Waals surface area contributed by atoms with E-state index in [1.165, 1.54) is 6.33 Å². The molecule has 0 spiro atoms. The summed E-state index contributed by atoms with van der Waals surface area (Å²) < 4.78 is 6.93. The minimum Gasteiger partial charge on any atom is -0.448 e. The molecule has 1 amide bonds. The highest BCUT2D eigenvalue weighted by Gasteiger charge is 2.16. The summed E-state index contributed by atoms with van der Waals surface area (Å²) in [5.41, 5.74) is 7.66. The molecule has 0 aliphatic rings. The van der Waals surface area contributed by atoms with Gasteiger partial charge in [0.2, 0.25) is 0 Å². The van der Waals surface area contributed by atoms with Gasteiger partial charge in [-0.1, -0.05) is 30.3 Å². The van der Waals surface area contributed by atoms with Crippen LogP contribution in [0, 0.1) is 0 Å². The van der Waals surface area contributed by atoms with Gasteiger partial charge in [-0.25, -0.2) is 19.7 Å². The summed E-state index contributed by atoms with van der Waals surface area (Å²) in [6.45, 7) is 2.92. The van der Waals surface area contributed by atoms with Crippen molar-refractivity contribution in [2.75, 3.05) is 11.9 Å². The molecule has 0 unspecified atom stereocenters. The Balaban J connectivity index is 1.84. The fourth-order valence-electron chi connectivity index (χ4n) is 2.64. The number of hydrogen-bond acceptors (Lipinski definition) is 6. The Kier molecular flexibility index (Phi) is 5.08. The van der Waals surface area contributed by atoms with Gasteiger partial charge in [-0.15, -0.1) is 0 Å². The molecule has 0 bridgehead atoms. The third-order valence-electron chi connectivity index (χ3n) is 3.83. The van der Waals surface area contributed by atoms with Crippen LogP contribution >= 0.6 is 0 Å². The average Bonchev–Trinajstić information content (AvgIpc) is 3.05. The standard InChI is InChI=1S/C17H20N6O2/c1-2-23-11-21-14-15(19-10-20-16(14)23)22-13(9-25-17(18)24)8-12-6-4-3-5-7-12/h3-7,10-11,13H,2,8-9H2,1H3,(H2,18,24)(H,19,20,22)/t13-/m0/s1. The number of imidazole rings is 1. The van der Waals surface area contributed by atoms with Crippen LogP contribution in [0.1, 0.15) is 12.5 Å². The topological polar surface area (TPSA) is 108 Å². The first kappa shape index (κ1) is 16.7. The van der Waals surface area contributed by atoms with Gasteiger partial charge in [0.05, 0.1) is 12.4 Å². The molecular weight excluding hydrogens is 320 g/mol. The first-order valence-corrected chi connectivity index (χ1v) is 8.06. The Labute approximate surface area is 145 Å². The van der Waals surface area contributed by atoms with Gasteiger partial charge in [-0.3, -0.25) is 0 Å². The number of anilines is 1. The molecule has 0 saturated heterocycles. The Morgan fingerprint density at radius 2 is 2.08 bits per heavy atom. The quantitative estimate of drug-likeness (QED) is 0.681. The SMILES string of the molecule is CCn1cnc2c(N[C@H](COC(N)=O)Cc3ccccc3)ncnc21. The van der Waals surface area contributed by atoms with Crippen LogP contribution in [0.4, 0.5) is 10.6 Å². The highest BCUT2D eigenvalue weighted by Crippen LogP contribution is 2.19. The van der Waals surface area contributed by atoms with E-state index in [2.05, 4.69) is 20.3 Å². The van der Waals surface area contributed by atoms with E-state index in [-0.39, 0.29) is 12.6 Å². The van der Waals surface area contributed by atoms with Crippen LogP contribution in [-0.2, 0) is 17.7 Å². The number of nitrogens with one attached hydrogen (secondary N) is 1. The van der Waals surface area contributed by atoms with Crippen LogP contribution in [-0.4, -0.2) is 38.3 Å². The second-order valence-electron chi connectivity index (χ2n) is 5.59. The molecule has 1 atom stereocenters. The fraction of sp³-hybridized carbons (Fsp3) is 0.294. The number of amides is 1. The normalized spacial score (nSPS) is 12.0. The van der Waals surface area contributed by atoms with Gasteiger partial charge in [0, 0.05) is 6.54 Å². The van der Waals surface area contributed by atoms with Crippen molar-refractivity contribution in [3.05, 3.63) is 48.5 Å². The summed E-state index contributed by atoms with van der Waals surface area (Å²) >= 11 is 0. The number of nitrogens with two attached hydrogens (primary N) is 1. The molecule has 2 aromatic heterocycles. The predicted molar refractivity (Wildman–Crippen MR) is 94.1 cm³/mol. The maximum atomic E-state index is 11.0. The number of ether oxygens (including phenoxy) is 1. The Hall–Kier alpha value is -3.16. The molecule has 0 fully saturated rings. The zero-order valence-corrected chi connectivity index (χ0v) is 13.9. The Morgan fingerprint density at radius 1 is 1.28 bits per heavy atom. The molecule has 8 heteroatoms. The van der Waals surface area contributed by atoms with Crippen molar-refractivity contribution in [1.29, 1.82) is 0 Å². The number of primary amides is 1. The average molecular weight is 340 g/mol. The summed E-state index contributed by atoms with van der Waals surface area (Å²) in [4.78, 5) is 24.0. The van der Waals surface area contributed by atoms with Gasteiger partial charge in [-0.2, -0.15) is 0 Å². The van der Waals surface area contributed by atoms with E-state index in [1.54, 1.807) is 6.33 Å². The number of rotatable bonds is 7. The van der Waals surface area contributed by atoms with Crippen molar-refractivity contribution in [2.45, 2.75) is 25.9 Å². The van der Waals surface area contributed by atoms with Gasteiger partial charge in [0.25, 0.3) is 0 Å². The van der Waals surface area contributed by atoms with E-state index in [1.807, 2.05) is 41.8 Å². The van der Waals surface area contributed by atoms with Gasteiger partial charge in [0.15, 0.2) is 11.5 Å². The molecule has 0 aliphatic carbocycles. The summed E-state index contributed by atoms with van der Waals surface area (Å²) in [5, 5.41) is 3.30. The van der Waals surface area contributed by atoms with Crippen molar-refractivity contribution >= 4 is 23.1 Å². The molecule has 0 aliphatic heterocycles. The molecule has 2 heterocycles.